The zero-order valence-corrected chi connectivity index (χ0v) is 16.3. The normalized spacial score (nSPS) is 11.0. The molecule has 1 aromatic heterocycles. The lowest BCUT2D eigenvalue weighted by Crippen LogP contribution is -2.13. The summed E-state index contributed by atoms with van der Waals surface area (Å²) in [4.78, 5) is 1.34. The Balaban J connectivity index is 1.56. The maximum atomic E-state index is 6.24. The van der Waals surface area contributed by atoms with E-state index in [2.05, 4.69) is 90.4 Å². The summed E-state index contributed by atoms with van der Waals surface area (Å²) in [5.74, 6) is 0.953. The zero-order chi connectivity index (χ0) is 18.5. The van der Waals surface area contributed by atoms with Crippen molar-refractivity contribution >= 4 is 22.1 Å². The molecule has 0 radical (unpaired) electrons. The second kappa shape index (κ2) is 8.38. The van der Waals surface area contributed by atoms with Crippen LogP contribution in [0.4, 0.5) is 0 Å². The van der Waals surface area contributed by atoms with Crippen molar-refractivity contribution in [2.24, 2.45) is 0 Å². The third-order valence-electron chi connectivity index (χ3n) is 4.66. The Morgan fingerprint density at radius 2 is 1.81 bits per heavy atom. The van der Waals surface area contributed by atoms with E-state index in [0.29, 0.717) is 6.61 Å². The molecular weight excluding hydrogens is 350 g/mol. The molecule has 4 aromatic rings. The van der Waals surface area contributed by atoms with Gasteiger partial charge in [0.05, 0.1) is 0 Å². The van der Waals surface area contributed by atoms with Gasteiger partial charge >= 0.3 is 0 Å². The Morgan fingerprint density at radius 3 is 2.67 bits per heavy atom. The molecule has 0 bridgehead atoms. The predicted octanol–water partition coefficient (Wildman–Crippen LogP) is 6.08. The summed E-state index contributed by atoms with van der Waals surface area (Å²) in [6.45, 7) is 4.35. The van der Waals surface area contributed by atoms with Crippen LogP contribution in [0.3, 0.4) is 0 Å². The minimum Gasteiger partial charge on any atom is -0.489 e. The third-order valence-corrected chi connectivity index (χ3v) is 5.53. The first-order chi connectivity index (χ1) is 13.3. The van der Waals surface area contributed by atoms with Crippen molar-refractivity contribution in [2.45, 2.75) is 26.6 Å². The Hall–Kier alpha value is -2.62. The van der Waals surface area contributed by atoms with E-state index in [0.717, 1.165) is 18.8 Å². The van der Waals surface area contributed by atoms with Gasteiger partial charge in [0, 0.05) is 23.5 Å². The minimum atomic E-state index is 0.581. The summed E-state index contributed by atoms with van der Waals surface area (Å²) < 4.78 is 6.24. The summed E-state index contributed by atoms with van der Waals surface area (Å²) in [5, 5.41) is 8.18. The van der Waals surface area contributed by atoms with Crippen LogP contribution in [0.5, 0.6) is 5.75 Å². The first-order valence-electron chi connectivity index (χ1n) is 9.22. The average molecular weight is 374 g/mol. The number of benzene rings is 3. The van der Waals surface area contributed by atoms with Gasteiger partial charge in [-0.05, 0) is 40.8 Å². The number of hydrogen-bond donors (Lipinski definition) is 1. The third kappa shape index (κ3) is 4.38. The predicted molar refractivity (Wildman–Crippen MR) is 114 cm³/mol. The lowest BCUT2D eigenvalue weighted by Gasteiger charge is -2.15. The molecule has 3 heteroatoms. The molecule has 0 unspecified atom stereocenters. The molecule has 0 aliphatic heterocycles. The lowest BCUT2D eigenvalue weighted by molar-refractivity contribution is 0.302. The molecule has 136 valence electrons. The van der Waals surface area contributed by atoms with Crippen LogP contribution in [-0.4, -0.2) is 0 Å². The van der Waals surface area contributed by atoms with Gasteiger partial charge in [-0.25, -0.2) is 0 Å². The highest BCUT2D eigenvalue weighted by molar-refractivity contribution is 7.09. The Bertz CT molecular complexity index is 1020. The molecule has 3 aromatic carbocycles. The van der Waals surface area contributed by atoms with Crippen LogP contribution in [-0.2, 0) is 19.7 Å². The second-order valence-corrected chi connectivity index (χ2v) is 7.76. The Morgan fingerprint density at radius 1 is 0.889 bits per heavy atom. The van der Waals surface area contributed by atoms with E-state index in [1.807, 2.05) is 0 Å². The fraction of sp³-hybridized carbons (Fsp3) is 0.167. The van der Waals surface area contributed by atoms with Crippen LogP contribution >= 0.6 is 11.3 Å². The van der Waals surface area contributed by atoms with E-state index in [4.69, 9.17) is 4.74 Å². The van der Waals surface area contributed by atoms with Crippen LogP contribution in [0.15, 0.2) is 78.2 Å². The first kappa shape index (κ1) is 17.8. The van der Waals surface area contributed by atoms with E-state index in [1.165, 1.54) is 32.3 Å². The fourth-order valence-corrected chi connectivity index (χ4v) is 3.99. The van der Waals surface area contributed by atoms with Gasteiger partial charge in [-0.3, -0.25) is 0 Å². The smallest absolute Gasteiger partial charge is 0.124 e. The first-order valence-corrected chi connectivity index (χ1v) is 10.1. The van der Waals surface area contributed by atoms with E-state index in [9.17, 15) is 0 Å². The largest absolute Gasteiger partial charge is 0.489 e. The molecule has 0 amide bonds. The van der Waals surface area contributed by atoms with Gasteiger partial charge in [0.1, 0.15) is 12.4 Å². The number of thiophene rings is 1. The Labute approximate surface area is 164 Å². The quantitative estimate of drug-likeness (QED) is 0.424. The van der Waals surface area contributed by atoms with Crippen LogP contribution in [0.2, 0.25) is 0 Å². The van der Waals surface area contributed by atoms with Crippen molar-refractivity contribution in [2.75, 3.05) is 0 Å². The number of nitrogens with one attached hydrogen (secondary N) is 1. The molecule has 0 aliphatic carbocycles. The topological polar surface area (TPSA) is 21.3 Å². The maximum absolute atomic E-state index is 6.24. The lowest BCUT2D eigenvalue weighted by atomic mass is 10.0. The number of aryl methyl sites for hydroxylation is 1. The Kier molecular flexibility index (Phi) is 5.52. The van der Waals surface area contributed by atoms with Crippen LogP contribution in [0, 0.1) is 6.92 Å². The van der Waals surface area contributed by atoms with Crippen LogP contribution in [0.1, 0.15) is 21.6 Å². The van der Waals surface area contributed by atoms with Crippen molar-refractivity contribution in [1.29, 1.82) is 0 Å². The van der Waals surface area contributed by atoms with Gasteiger partial charge in [-0.15, -0.1) is 11.3 Å². The minimum absolute atomic E-state index is 0.581. The molecule has 4 rings (SSSR count). The summed E-state index contributed by atoms with van der Waals surface area (Å²) in [6, 6.07) is 25.5. The van der Waals surface area contributed by atoms with Gasteiger partial charge in [0.2, 0.25) is 0 Å². The number of fused-ring (bicyclic) bond motifs is 1. The molecule has 1 N–H and O–H groups in total. The van der Waals surface area contributed by atoms with Gasteiger partial charge in [-0.1, -0.05) is 66.2 Å². The van der Waals surface area contributed by atoms with Gasteiger partial charge in [0.25, 0.3) is 0 Å². The van der Waals surface area contributed by atoms with Crippen molar-refractivity contribution < 1.29 is 4.74 Å². The van der Waals surface area contributed by atoms with Crippen molar-refractivity contribution in [3.63, 3.8) is 0 Å². The highest BCUT2D eigenvalue weighted by Gasteiger charge is 2.09. The van der Waals surface area contributed by atoms with E-state index in [1.54, 1.807) is 11.3 Å². The molecule has 1 heterocycles. The molecule has 0 aliphatic rings. The number of hydrogen-bond acceptors (Lipinski definition) is 3. The standard InChI is InChI=1S/C24H23NOS/c1-18-6-4-7-19(14-18)17-26-24-12-11-20-8-2-3-10-22(20)23(24)16-25-15-21-9-5-13-27-21/h2-14,25H,15-17H2,1H3. The molecule has 27 heavy (non-hydrogen) atoms. The number of rotatable bonds is 7. The zero-order valence-electron chi connectivity index (χ0n) is 15.4. The SMILES string of the molecule is Cc1cccc(COc2ccc3ccccc3c2CNCc2cccs2)c1. The highest BCUT2D eigenvalue weighted by atomic mass is 32.1. The molecule has 0 fully saturated rings. The van der Waals surface area contributed by atoms with Crippen molar-refractivity contribution in [3.05, 3.63) is 99.7 Å². The summed E-state index contributed by atoms with van der Waals surface area (Å²) in [5.41, 5.74) is 3.67. The summed E-state index contributed by atoms with van der Waals surface area (Å²) in [6.07, 6.45) is 0. The fourth-order valence-electron chi connectivity index (χ4n) is 3.32. The highest BCUT2D eigenvalue weighted by Crippen LogP contribution is 2.29. The number of ether oxygens (including phenoxy) is 1. The maximum Gasteiger partial charge on any atom is 0.124 e. The van der Waals surface area contributed by atoms with Gasteiger partial charge in [0.15, 0.2) is 0 Å². The summed E-state index contributed by atoms with van der Waals surface area (Å²) in [7, 11) is 0. The van der Waals surface area contributed by atoms with Gasteiger partial charge in [-0.2, -0.15) is 0 Å². The van der Waals surface area contributed by atoms with E-state index < -0.39 is 0 Å². The van der Waals surface area contributed by atoms with Gasteiger partial charge < -0.3 is 10.1 Å². The van der Waals surface area contributed by atoms with E-state index >= 15 is 0 Å². The second-order valence-electron chi connectivity index (χ2n) is 6.72. The molecule has 0 saturated carbocycles. The monoisotopic (exact) mass is 373 g/mol. The molecule has 0 atom stereocenters. The molecule has 0 spiro atoms. The van der Waals surface area contributed by atoms with Crippen molar-refractivity contribution in [3.8, 4) is 5.75 Å². The van der Waals surface area contributed by atoms with Crippen molar-refractivity contribution in [1.82, 2.24) is 5.32 Å². The average Bonchev–Trinajstić information content (AvgIpc) is 3.20. The molecular formula is C24H23NOS. The van der Waals surface area contributed by atoms with Crippen LogP contribution in [0.25, 0.3) is 10.8 Å². The molecule has 2 nitrogen and oxygen atoms in total. The van der Waals surface area contributed by atoms with E-state index in [-0.39, 0.29) is 0 Å². The van der Waals surface area contributed by atoms with Crippen LogP contribution < -0.4 is 10.1 Å². The summed E-state index contributed by atoms with van der Waals surface area (Å²) >= 11 is 1.78. The molecule has 0 saturated heterocycles.